The van der Waals surface area contributed by atoms with E-state index in [-0.39, 0.29) is 0 Å². The number of hydrogen-bond acceptors (Lipinski definition) is 4. The summed E-state index contributed by atoms with van der Waals surface area (Å²) in [5.74, 6) is 2.43. The van der Waals surface area contributed by atoms with Crippen LogP contribution in [0.5, 0.6) is 11.5 Å². The van der Waals surface area contributed by atoms with Crippen molar-refractivity contribution < 1.29 is 9.47 Å². The maximum absolute atomic E-state index is 5.45. The van der Waals surface area contributed by atoms with E-state index in [2.05, 4.69) is 35.2 Å². The minimum Gasteiger partial charge on any atom is -0.493 e. The molecule has 0 spiro atoms. The highest BCUT2D eigenvalue weighted by Gasteiger charge is 2.15. The molecule has 0 aliphatic rings. The second-order valence-electron chi connectivity index (χ2n) is 5.33. The summed E-state index contributed by atoms with van der Waals surface area (Å²) in [5, 5.41) is 4.23. The van der Waals surface area contributed by atoms with Crippen LogP contribution in [0.4, 0.5) is 0 Å². The molecule has 0 radical (unpaired) electrons. The number of methoxy groups -OCH3 is 2. The molecule has 23 heavy (non-hydrogen) atoms. The van der Waals surface area contributed by atoms with E-state index in [1.54, 1.807) is 25.6 Å². The Morgan fingerprint density at radius 3 is 2.52 bits per heavy atom. The zero-order valence-electron chi connectivity index (χ0n) is 13.2. The highest BCUT2D eigenvalue weighted by Crippen LogP contribution is 2.37. The van der Waals surface area contributed by atoms with Crippen LogP contribution in [0.2, 0.25) is 0 Å². The molecular weight excluding hydrogens is 308 g/mol. The number of benzene rings is 2. The number of nitrogens with zero attached hydrogens (tertiary/aromatic N) is 2. The van der Waals surface area contributed by atoms with E-state index in [1.165, 1.54) is 0 Å². The van der Waals surface area contributed by atoms with Gasteiger partial charge < -0.3 is 14.0 Å². The van der Waals surface area contributed by atoms with Crippen molar-refractivity contribution in [3.8, 4) is 22.2 Å². The standard InChI is InChI=1S/C18H16N2O2S/c1-20-13-7-6-11-9-14(21-2)15(22-3)10-12(11)17(13)19-18(20)16-5-4-8-23-16/h4-10H,1-3H3. The van der Waals surface area contributed by atoms with Crippen LogP contribution in [-0.4, -0.2) is 23.8 Å². The van der Waals surface area contributed by atoms with Crippen LogP contribution in [0, 0.1) is 0 Å². The van der Waals surface area contributed by atoms with Gasteiger partial charge in [-0.3, -0.25) is 0 Å². The van der Waals surface area contributed by atoms with E-state index in [0.29, 0.717) is 0 Å². The fourth-order valence-corrected chi connectivity index (χ4v) is 3.68. The molecule has 0 N–H and O–H groups in total. The first-order valence-electron chi connectivity index (χ1n) is 7.28. The first-order valence-corrected chi connectivity index (χ1v) is 8.16. The third-order valence-corrected chi connectivity index (χ3v) is 4.98. The molecule has 116 valence electrons. The smallest absolute Gasteiger partial charge is 0.161 e. The number of aryl methyl sites for hydroxylation is 1. The van der Waals surface area contributed by atoms with E-state index in [9.17, 15) is 0 Å². The van der Waals surface area contributed by atoms with E-state index in [1.807, 2.05) is 18.2 Å². The predicted octanol–water partition coefficient (Wildman–Crippen LogP) is 4.47. The summed E-state index contributed by atoms with van der Waals surface area (Å²) in [6.07, 6.45) is 0. The Morgan fingerprint density at radius 2 is 1.83 bits per heavy atom. The summed E-state index contributed by atoms with van der Waals surface area (Å²) in [7, 11) is 5.36. The van der Waals surface area contributed by atoms with Gasteiger partial charge in [0.25, 0.3) is 0 Å². The Labute approximate surface area is 137 Å². The largest absolute Gasteiger partial charge is 0.493 e. The van der Waals surface area contributed by atoms with Crippen molar-refractivity contribution in [1.82, 2.24) is 9.55 Å². The van der Waals surface area contributed by atoms with Gasteiger partial charge in [0, 0.05) is 12.4 Å². The molecule has 4 aromatic rings. The number of thiophene rings is 1. The van der Waals surface area contributed by atoms with Crippen LogP contribution >= 0.6 is 11.3 Å². The lowest BCUT2D eigenvalue weighted by atomic mass is 10.1. The SMILES string of the molecule is COc1cc2ccc3c(nc(-c4cccs4)n3C)c2cc1OC. The van der Waals surface area contributed by atoms with Crippen molar-refractivity contribution in [3.63, 3.8) is 0 Å². The highest BCUT2D eigenvalue weighted by atomic mass is 32.1. The monoisotopic (exact) mass is 324 g/mol. The lowest BCUT2D eigenvalue weighted by molar-refractivity contribution is 0.356. The van der Waals surface area contributed by atoms with Gasteiger partial charge in [0.05, 0.1) is 30.1 Å². The Balaban J connectivity index is 2.06. The average Bonchev–Trinajstić information content (AvgIpc) is 3.21. The predicted molar refractivity (Wildman–Crippen MR) is 94.6 cm³/mol. The van der Waals surface area contributed by atoms with E-state index in [0.717, 1.165) is 44.0 Å². The summed E-state index contributed by atoms with van der Waals surface area (Å²) in [5.41, 5.74) is 2.09. The number of imidazole rings is 1. The molecule has 0 bridgehead atoms. The van der Waals surface area contributed by atoms with Gasteiger partial charge in [0.15, 0.2) is 17.3 Å². The quantitative estimate of drug-likeness (QED) is 0.558. The first kappa shape index (κ1) is 14.1. The van der Waals surface area contributed by atoms with Gasteiger partial charge in [-0.05, 0) is 35.0 Å². The summed E-state index contributed by atoms with van der Waals surface area (Å²) < 4.78 is 13.0. The maximum atomic E-state index is 5.45. The third-order valence-electron chi connectivity index (χ3n) is 4.11. The summed E-state index contributed by atoms with van der Waals surface area (Å²) in [6.45, 7) is 0. The lowest BCUT2D eigenvalue weighted by Crippen LogP contribution is -1.91. The van der Waals surface area contributed by atoms with Gasteiger partial charge in [0.1, 0.15) is 0 Å². The Kier molecular flexibility index (Phi) is 3.23. The van der Waals surface area contributed by atoms with Crippen molar-refractivity contribution in [2.75, 3.05) is 14.2 Å². The summed E-state index contributed by atoms with van der Waals surface area (Å²) in [4.78, 5) is 6.05. The molecule has 5 heteroatoms. The number of ether oxygens (including phenoxy) is 2. The molecule has 2 aromatic heterocycles. The fourth-order valence-electron chi connectivity index (χ4n) is 2.93. The molecule has 0 atom stereocenters. The average molecular weight is 324 g/mol. The van der Waals surface area contributed by atoms with Crippen molar-refractivity contribution in [1.29, 1.82) is 0 Å². The summed E-state index contributed by atoms with van der Waals surface area (Å²) >= 11 is 1.70. The molecular formula is C18H16N2O2S. The molecule has 2 aromatic carbocycles. The van der Waals surface area contributed by atoms with Crippen LogP contribution in [-0.2, 0) is 7.05 Å². The Bertz CT molecular complexity index is 1000. The number of fused-ring (bicyclic) bond motifs is 3. The second kappa shape index (κ2) is 5.28. The zero-order chi connectivity index (χ0) is 16.0. The van der Waals surface area contributed by atoms with Gasteiger partial charge in [-0.2, -0.15) is 0 Å². The van der Waals surface area contributed by atoms with E-state index >= 15 is 0 Å². The third kappa shape index (κ3) is 2.08. The first-order chi connectivity index (χ1) is 11.2. The van der Waals surface area contributed by atoms with Gasteiger partial charge in [-0.15, -0.1) is 11.3 Å². The van der Waals surface area contributed by atoms with Crippen molar-refractivity contribution in [2.45, 2.75) is 0 Å². The molecule has 0 fully saturated rings. The molecule has 0 aliphatic carbocycles. The van der Waals surface area contributed by atoms with Crippen molar-refractivity contribution in [2.24, 2.45) is 7.05 Å². The molecule has 0 saturated heterocycles. The molecule has 0 unspecified atom stereocenters. The minimum atomic E-state index is 0.718. The maximum Gasteiger partial charge on any atom is 0.161 e. The van der Waals surface area contributed by atoms with Gasteiger partial charge in [-0.1, -0.05) is 12.1 Å². The number of rotatable bonds is 3. The zero-order valence-corrected chi connectivity index (χ0v) is 14.0. The molecule has 4 nitrogen and oxygen atoms in total. The van der Waals surface area contributed by atoms with Crippen LogP contribution in [0.1, 0.15) is 0 Å². The molecule has 0 saturated carbocycles. The van der Waals surface area contributed by atoms with E-state index in [4.69, 9.17) is 14.5 Å². The van der Waals surface area contributed by atoms with Crippen LogP contribution in [0.15, 0.2) is 41.8 Å². The molecule has 2 heterocycles. The Hall–Kier alpha value is -2.53. The van der Waals surface area contributed by atoms with Crippen molar-refractivity contribution in [3.05, 3.63) is 41.8 Å². The number of hydrogen-bond donors (Lipinski definition) is 0. The molecule has 0 aliphatic heterocycles. The van der Waals surface area contributed by atoms with E-state index < -0.39 is 0 Å². The van der Waals surface area contributed by atoms with Gasteiger partial charge >= 0.3 is 0 Å². The fraction of sp³-hybridized carbons (Fsp3) is 0.167. The van der Waals surface area contributed by atoms with Gasteiger partial charge in [0.2, 0.25) is 0 Å². The topological polar surface area (TPSA) is 36.3 Å². The van der Waals surface area contributed by atoms with Crippen LogP contribution in [0.3, 0.4) is 0 Å². The molecule has 0 amide bonds. The normalized spacial score (nSPS) is 11.3. The Morgan fingerprint density at radius 1 is 1.04 bits per heavy atom. The van der Waals surface area contributed by atoms with Crippen LogP contribution in [0.25, 0.3) is 32.5 Å². The highest BCUT2D eigenvalue weighted by molar-refractivity contribution is 7.13. The van der Waals surface area contributed by atoms with Crippen LogP contribution < -0.4 is 9.47 Å². The van der Waals surface area contributed by atoms with Gasteiger partial charge in [-0.25, -0.2) is 4.98 Å². The lowest BCUT2D eigenvalue weighted by Gasteiger charge is -2.09. The minimum absolute atomic E-state index is 0.718. The summed E-state index contributed by atoms with van der Waals surface area (Å²) in [6, 6.07) is 12.3. The molecule has 4 rings (SSSR count). The second-order valence-corrected chi connectivity index (χ2v) is 6.28. The number of aromatic nitrogens is 2. The van der Waals surface area contributed by atoms with Crippen molar-refractivity contribution >= 4 is 33.1 Å².